The van der Waals surface area contributed by atoms with E-state index in [9.17, 15) is 9.59 Å². The lowest BCUT2D eigenvalue weighted by Crippen LogP contribution is -2.65. The molecule has 166 valence electrons. The highest BCUT2D eigenvalue weighted by atomic mass is 16.2. The van der Waals surface area contributed by atoms with Crippen molar-refractivity contribution in [1.29, 1.82) is 0 Å². The predicted octanol–water partition coefficient (Wildman–Crippen LogP) is 3.82. The fourth-order valence-corrected chi connectivity index (χ4v) is 5.95. The zero-order valence-electron chi connectivity index (χ0n) is 19.3. The van der Waals surface area contributed by atoms with E-state index in [4.69, 9.17) is 0 Å². The molecular weight excluding hydrogens is 376 g/mol. The van der Waals surface area contributed by atoms with Crippen LogP contribution in [0.25, 0.3) is 0 Å². The van der Waals surface area contributed by atoms with Crippen molar-refractivity contribution in [3.63, 3.8) is 0 Å². The van der Waals surface area contributed by atoms with Gasteiger partial charge in [0.2, 0.25) is 5.91 Å². The largest absolute Gasteiger partial charge is 0.337 e. The second-order valence-electron chi connectivity index (χ2n) is 10.5. The molecule has 0 unspecified atom stereocenters. The Morgan fingerprint density at radius 3 is 2.60 bits per heavy atom. The van der Waals surface area contributed by atoms with Gasteiger partial charge in [0.05, 0.1) is 5.69 Å². The molecule has 0 radical (unpaired) electrons. The second kappa shape index (κ2) is 8.35. The van der Waals surface area contributed by atoms with E-state index in [0.29, 0.717) is 47.7 Å². The number of hydrogen-bond donors (Lipinski definition) is 0. The molecule has 30 heavy (non-hydrogen) atoms. The average molecular weight is 415 g/mol. The molecule has 6 nitrogen and oxygen atoms in total. The number of hydrogen-bond acceptors (Lipinski definition) is 3. The normalized spacial score (nSPS) is 29.0. The molecule has 0 aromatic carbocycles. The summed E-state index contributed by atoms with van der Waals surface area (Å²) in [5, 5.41) is 4.55. The summed E-state index contributed by atoms with van der Waals surface area (Å²) in [7, 11) is 1.87. The minimum Gasteiger partial charge on any atom is -0.337 e. The number of carbonyl (C=O) groups excluding carboxylic acids is 2. The van der Waals surface area contributed by atoms with E-state index in [-0.39, 0.29) is 11.9 Å². The molecule has 2 bridgehead atoms. The van der Waals surface area contributed by atoms with Crippen LogP contribution in [0.4, 0.5) is 0 Å². The van der Waals surface area contributed by atoms with E-state index in [1.54, 1.807) is 4.68 Å². The highest BCUT2D eigenvalue weighted by Crippen LogP contribution is 2.43. The van der Waals surface area contributed by atoms with Crippen molar-refractivity contribution in [2.75, 3.05) is 13.1 Å². The molecule has 3 aliphatic rings. The molecule has 2 amide bonds. The summed E-state index contributed by atoms with van der Waals surface area (Å²) in [4.78, 5) is 30.7. The second-order valence-corrected chi connectivity index (χ2v) is 10.5. The van der Waals surface area contributed by atoms with E-state index in [1.807, 2.05) is 13.1 Å². The maximum Gasteiger partial charge on any atom is 0.272 e. The van der Waals surface area contributed by atoms with Crippen molar-refractivity contribution in [3.05, 3.63) is 17.5 Å². The molecule has 0 aliphatic carbocycles. The van der Waals surface area contributed by atoms with Crippen LogP contribution >= 0.6 is 0 Å². The molecule has 0 spiro atoms. The summed E-state index contributed by atoms with van der Waals surface area (Å²) < 4.78 is 1.74. The smallest absolute Gasteiger partial charge is 0.272 e. The molecule has 1 aromatic rings. The molecule has 0 saturated carbocycles. The Bertz CT molecular complexity index is 799. The standard InChI is InChI=1S/C24H38N4O2/c1-15(2)9-10-21-18-11-17(20-7-6-8-23(29)28(20)21)13-27(14-18)24(30)22-12-19(16(3)4)25-26(22)5/h12,15-18,20-21H,6-11,13-14H2,1-5H3/t17-,18+,20+,21+/m1/s1. The van der Waals surface area contributed by atoms with Crippen molar-refractivity contribution in [3.8, 4) is 0 Å². The van der Waals surface area contributed by atoms with Gasteiger partial charge < -0.3 is 9.80 Å². The Balaban J connectivity index is 1.58. The van der Waals surface area contributed by atoms with Gasteiger partial charge in [-0.1, -0.05) is 27.7 Å². The van der Waals surface area contributed by atoms with Gasteiger partial charge in [0, 0.05) is 38.6 Å². The number of piperidine rings is 3. The zero-order valence-corrected chi connectivity index (χ0v) is 19.3. The average Bonchev–Trinajstić information content (AvgIpc) is 3.09. The number of aromatic nitrogens is 2. The van der Waals surface area contributed by atoms with Crippen LogP contribution in [-0.2, 0) is 11.8 Å². The monoisotopic (exact) mass is 414 g/mol. The van der Waals surface area contributed by atoms with Gasteiger partial charge in [-0.15, -0.1) is 0 Å². The predicted molar refractivity (Wildman–Crippen MR) is 117 cm³/mol. The van der Waals surface area contributed by atoms with Crippen LogP contribution in [0, 0.1) is 17.8 Å². The molecule has 4 atom stereocenters. The highest BCUT2D eigenvalue weighted by molar-refractivity contribution is 5.93. The molecule has 3 saturated heterocycles. The summed E-state index contributed by atoms with van der Waals surface area (Å²) in [6.07, 6.45) is 6.13. The number of nitrogens with zero attached hydrogens (tertiary/aromatic N) is 4. The fraction of sp³-hybridized carbons (Fsp3) is 0.792. The Hall–Kier alpha value is -1.85. The molecular formula is C24H38N4O2. The van der Waals surface area contributed by atoms with Crippen LogP contribution in [0.2, 0.25) is 0 Å². The Morgan fingerprint density at radius 1 is 1.20 bits per heavy atom. The summed E-state index contributed by atoms with van der Waals surface area (Å²) in [6, 6.07) is 2.56. The summed E-state index contributed by atoms with van der Waals surface area (Å²) in [5.74, 6) is 2.19. The number of likely N-dealkylation sites (tertiary alicyclic amines) is 1. The fourth-order valence-electron chi connectivity index (χ4n) is 5.95. The van der Waals surface area contributed by atoms with Crippen molar-refractivity contribution in [1.82, 2.24) is 19.6 Å². The molecule has 3 fully saturated rings. The molecule has 1 aromatic heterocycles. The minimum atomic E-state index is 0.102. The van der Waals surface area contributed by atoms with Crippen LogP contribution in [-0.4, -0.2) is 56.6 Å². The van der Waals surface area contributed by atoms with Gasteiger partial charge >= 0.3 is 0 Å². The summed E-state index contributed by atoms with van der Waals surface area (Å²) in [6.45, 7) is 10.3. The lowest BCUT2D eigenvalue weighted by molar-refractivity contribution is -0.152. The number of fused-ring (bicyclic) bond motifs is 4. The van der Waals surface area contributed by atoms with Gasteiger partial charge in [-0.2, -0.15) is 5.10 Å². The van der Waals surface area contributed by atoms with Gasteiger partial charge in [-0.25, -0.2) is 0 Å². The molecule has 4 heterocycles. The number of amides is 2. The third-order valence-corrected chi connectivity index (χ3v) is 7.53. The van der Waals surface area contributed by atoms with Crippen LogP contribution in [0.15, 0.2) is 6.07 Å². The van der Waals surface area contributed by atoms with Crippen LogP contribution in [0.5, 0.6) is 0 Å². The van der Waals surface area contributed by atoms with Gasteiger partial charge in [-0.3, -0.25) is 14.3 Å². The summed E-state index contributed by atoms with van der Waals surface area (Å²) in [5.41, 5.74) is 1.66. The number of carbonyl (C=O) groups is 2. The quantitative estimate of drug-likeness (QED) is 0.736. The molecule has 4 rings (SSSR count). The third kappa shape index (κ3) is 3.90. The zero-order chi connectivity index (χ0) is 21.6. The maximum atomic E-state index is 13.5. The first-order chi connectivity index (χ1) is 14.3. The van der Waals surface area contributed by atoms with Gasteiger partial charge in [0.25, 0.3) is 5.91 Å². The SMILES string of the molecule is CC(C)CC[C@H]1[C@H]2C[C@H](CN(C(=O)c3cc(C(C)C)nn3C)C2)[C@@H]2CCCC(=O)N21. The van der Waals surface area contributed by atoms with Crippen LogP contribution in [0.1, 0.15) is 88.3 Å². The summed E-state index contributed by atoms with van der Waals surface area (Å²) >= 11 is 0. The molecule has 0 N–H and O–H groups in total. The lowest BCUT2D eigenvalue weighted by Gasteiger charge is -2.56. The molecule has 6 heteroatoms. The lowest BCUT2D eigenvalue weighted by atomic mass is 9.70. The van der Waals surface area contributed by atoms with Crippen molar-refractivity contribution < 1.29 is 9.59 Å². The van der Waals surface area contributed by atoms with Gasteiger partial charge in [0.1, 0.15) is 5.69 Å². The van der Waals surface area contributed by atoms with E-state index >= 15 is 0 Å². The van der Waals surface area contributed by atoms with Crippen LogP contribution in [0.3, 0.4) is 0 Å². The van der Waals surface area contributed by atoms with Gasteiger partial charge in [0.15, 0.2) is 0 Å². The van der Waals surface area contributed by atoms with Gasteiger partial charge in [-0.05, 0) is 61.8 Å². The topological polar surface area (TPSA) is 58.4 Å². The number of aryl methyl sites for hydroxylation is 1. The molecule has 3 aliphatic heterocycles. The van der Waals surface area contributed by atoms with E-state index in [0.717, 1.165) is 50.9 Å². The first-order valence-corrected chi connectivity index (χ1v) is 11.9. The van der Waals surface area contributed by atoms with Crippen molar-refractivity contribution >= 4 is 11.8 Å². The maximum absolute atomic E-state index is 13.5. The van der Waals surface area contributed by atoms with Crippen LogP contribution < -0.4 is 0 Å². The van der Waals surface area contributed by atoms with E-state index < -0.39 is 0 Å². The van der Waals surface area contributed by atoms with E-state index in [2.05, 4.69) is 42.6 Å². The first-order valence-electron chi connectivity index (χ1n) is 11.9. The Kier molecular flexibility index (Phi) is 5.95. The Labute approximate surface area is 181 Å². The first kappa shape index (κ1) is 21.4. The Morgan fingerprint density at radius 2 is 1.93 bits per heavy atom. The van der Waals surface area contributed by atoms with E-state index in [1.165, 1.54) is 0 Å². The van der Waals surface area contributed by atoms with Crippen molar-refractivity contribution in [2.24, 2.45) is 24.8 Å². The number of rotatable bonds is 5. The minimum absolute atomic E-state index is 0.102. The van der Waals surface area contributed by atoms with Crippen molar-refractivity contribution in [2.45, 2.75) is 84.2 Å². The highest BCUT2D eigenvalue weighted by Gasteiger charge is 2.49. The third-order valence-electron chi connectivity index (χ3n) is 7.53.